The lowest BCUT2D eigenvalue weighted by atomic mass is 10.2. The van der Waals surface area contributed by atoms with E-state index in [2.05, 4.69) is 4.98 Å². The van der Waals surface area contributed by atoms with Crippen molar-refractivity contribution in [1.29, 1.82) is 0 Å². The second kappa shape index (κ2) is 2.52. The number of aromatic nitrogens is 1. The van der Waals surface area contributed by atoms with Crippen LogP contribution >= 0.6 is 0 Å². The van der Waals surface area contributed by atoms with Crippen LogP contribution in [0, 0.1) is 11.6 Å². The third-order valence-electron chi connectivity index (χ3n) is 1.64. The fraction of sp³-hybridized carbons (Fsp3) is 0. The molecule has 2 rings (SSSR count). The second-order valence-corrected chi connectivity index (χ2v) is 2.46. The molecule has 0 amide bonds. The molecule has 0 aliphatic rings. The van der Waals surface area contributed by atoms with Gasteiger partial charge >= 0.3 is 0 Å². The normalized spacial score (nSPS) is 10.5. The van der Waals surface area contributed by atoms with Gasteiger partial charge in [0, 0.05) is 5.39 Å². The lowest BCUT2D eigenvalue weighted by Crippen LogP contribution is -1.84. The molecule has 1 heterocycles. The fourth-order valence-corrected chi connectivity index (χ4v) is 1.09. The van der Waals surface area contributed by atoms with E-state index in [0.29, 0.717) is 5.52 Å². The summed E-state index contributed by atoms with van der Waals surface area (Å²) in [4.78, 5) is 3.73. The van der Waals surface area contributed by atoms with Crippen molar-refractivity contribution in [1.82, 2.24) is 4.98 Å². The maximum atomic E-state index is 13.0. The lowest BCUT2D eigenvalue weighted by Gasteiger charge is -1.96. The Labute approximate surface area is 67.7 Å². The molecule has 0 radical (unpaired) electrons. The van der Waals surface area contributed by atoms with Crippen molar-refractivity contribution in [2.24, 2.45) is 0 Å². The van der Waals surface area contributed by atoms with Crippen LogP contribution in [0.5, 0.6) is 0 Å². The number of fused-ring (bicyclic) bond motifs is 1. The van der Waals surface area contributed by atoms with E-state index in [1.54, 1.807) is 12.1 Å². The van der Waals surface area contributed by atoms with E-state index in [-0.39, 0.29) is 5.39 Å². The quantitative estimate of drug-likeness (QED) is 0.584. The number of hydrogen-bond donors (Lipinski definition) is 0. The Morgan fingerprint density at radius 1 is 1.17 bits per heavy atom. The summed E-state index contributed by atoms with van der Waals surface area (Å²) in [6.45, 7) is 0. The van der Waals surface area contributed by atoms with Gasteiger partial charge in [-0.05, 0) is 18.2 Å². The summed E-state index contributed by atoms with van der Waals surface area (Å²) >= 11 is 0. The smallest absolute Gasteiger partial charge is 0.142 e. The summed E-state index contributed by atoms with van der Waals surface area (Å²) in [5, 5.41) is 0.220. The Morgan fingerprint density at radius 2 is 2.00 bits per heavy atom. The second-order valence-electron chi connectivity index (χ2n) is 2.46. The van der Waals surface area contributed by atoms with Gasteiger partial charge in [-0.25, -0.2) is 8.78 Å². The Hall–Kier alpha value is -1.51. The standard InChI is InChI=1S/C9H5F2N/c10-6-4-7-8(11)2-1-3-9(7)12-5-6/h1-5H. The van der Waals surface area contributed by atoms with Crippen LogP contribution in [0.15, 0.2) is 30.5 Å². The molecule has 0 aliphatic carbocycles. The van der Waals surface area contributed by atoms with Crippen molar-refractivity contribution < 1.29 is 8.78 Å². The summed E-state index contributed by atoms with van der Waals surface area (Å²) in [7, 11) is 0. The summed E-state index contributed by atoms with van der Waals surface area (Å²) in [6, 6.07) is 5.60. The van der Waals surface area contributed by atoms with Crippen molar-refractivity contribution in [3.05, 3.63) is 42.1 Å². The minimum atomic E-state index is -0.521. The van der Waals surface area contributed by atoms with Crippen molar-refractivity contribution in [2.45, 2.75) is 0 Å². The Balaban J connectivity index is 2.88. The molecule has 0 N–H and O–H groups in total. The van der Waals surface area contributed by atoms with E-state index in [4.69, 9.17) is 0 Å². The van der Waals surface area contributed by atoms with Gasteiger partial charge in [-0.1, -0.05) is 6.07 Å². The van der Waals surface area contributed by atoms with Gasteiger partial charge in [-0.15, -0.1) is 0 Å². The van der Waals surface area contributed by atoms with Gasteiger partial charge in [0.1, 0.15) is 11.6 Å². The van der Waals surface area contributed by atoms with Crippen molar-refractivity contribution in [3.8, 4) is 0 Å². The molecule has 2 aromatic rings. The molecule has 0 saturated heterocycles. The van der Waals surface area contributed by atoms with Gasteiger partial charge in [0.2, 0.25) is 0 Å². The zero-order chi connectivity index (χ0) is 8.55. The van der Waals surface area contributed by atoms with Crippen LogP contribution in [0.2, 0.25) is 0 Å². The van der Waals surface area contributed by atoms with Crippen LogP contribution in [0.4, 0.5) is 8.78 Å². The molecule has 0 aliphatic heterocycles. The average Bonchev–Trinajstić information content (AvgIpc) is 2.07. The van der Waals surface area contributed by atoms with E-state index in [0.717, 1.165) is 12.3 Å². The van der Waals surface area contributed by atoms with Crippen LogP contribution in [0.25, 0.3) is 10.9 Å². The molecule has 1 aromatic heterocycles. The number of benzene rings is 1. The number of nitrogens with zero attached hydrogens (tertiary/aromatic N) is 1. The maximum Gasteiger partial charge on any atom is 0.142 e. The predicted molar refractivity (Wildman–Crippen MR) is 41.7 cm³/mol. The summed E-state index contributed by atoms with van der Waals surface area (Å²) in [6.07, 6.45) is 1.07. The van der Waals surface area contributed by atoms with Crippen LogP contribution in [-0.4, -0.2) is 4.98 Å². The van der Waals surface area contributed by atoms with E-state index in [1.165, 1.54) is 6.07 Å². The summed E-state index contributed by atoms with van der Waals surface area (Å²) < 4.78 is 25.5. The van der Waals surface area contributed by atoms with E-state index < -0.39 is 11.6 Å². The molecular formula is C9H5F2N. The summed E-state index contributed by atoms with van der Waals surface area (Å²) in [5.74, 6) is -0.966. The highest BCUT2D eigenvalue weighted by atomic mass is 19.1. The highest BCUT2D eigenvalue weighted by Crippen LogP contribution is 2.15. The Kier molecular flexibility index (Phi) is 1.50. The zero-order valence-electron chi connectivity index (χ0n) is 6.09. The van der Waals surface area contributed by atoms with E-state index in [9.17, 15) is 8.78 Å². The number of rotatable bonds is 0. The Morgan fingerprint density at radius 3 is 2.83 bits per heavy atom. The first-order valence-electron chi connectivity index (χ1n) is 3.47. The van der Waals surface area contributed by atoms with Crippen molar-refractivity contribution in [3.63, 3.8) is 0 Å². The number of pyridine rings is 1. The highest BCUT2D eigenvalue weighted by molar-refractivity contribution is 5.78. The molecule has 1 aromatic carbocycles. The van der Waals surface area contributed by atoms with Gasteiger partial charge < -0.3 is 0 Å². The minimum Gasteiger partial charge on any atom is -0.253 e. The van der Waals surface area contributed by atoms with Gasteiger partial charge in [0.25, 0.3) is 0 Å². The molecule has 0 unspecified atom stereocenters. The molecule has 0 saturated carbocycles. The maximum absolute atomic E-state index is 13.0. The molecule has 0 bridgehead atoms. The molecule has 0 spiro atoms. The van der Waals surface area contributed by atoms with Crippen LogP contribution in [-0.2, 0) is 0 Å². The monoisotopic (exact) mass is 165 g/mol. The van der Waals surface area contributed by atoms with Gasteiger partial charge in [0.05, 0.1) is 11.7 Å². The molecular weight excluding hydrogens is 160 g/mol. The molecule has 12 heavy (non-hydrogen) atoms. The first-order chi connectivity index (χ1) is 5.77. The molecule has 3 heteroatoms. The van der Waals surface area contributed by atoms with Crippen molar-refractivity contribution >= 4 is 10.9 Å². The first-order valence-corrected chi connectivity index (χ1v) is 3.47. The van der Waals surface area contributed by atoms with E-state index in [1.807, 2.05) is 0 Å². The van der Waals surface area contributed by atoms with Crippen LogP contribution < -0.4 is 0 Å². The lowest BCUT2D eigenvalue weighted by molar-refractivity contribution is 0.617. The molecule has 0 atom stereocenters. The predicted octanol–water partition coefficient (Wildman–Crippen LogP) is 2.51. The van der Waals surface area contributed by atoms with Gasteiger partial charge in [-0.3, -0.25) is 4.98 Å². The largest absolute Gasteiger partial charge is 0.253 e. The van der Waals surface area contributed by atoms with Crippen LogP contribution in [0.1, 0.15) is 0 Å². The Bertz CT molecular complexity index is 426. The van der Waals surface area contributed by atoms with Crippen LogP contribution in [0.3, 0.4) is 0 Å². The fourth-order valence-electron chi connectivity index (χ4n) is 1.09. The third-order valence-corrected chi connectivity index (χ3v) is 1.64. The summed E-state index contributed by atoms with van der Waals surface area (Å²) in [5.41, 5.74) is 0.469. The number of halogens is 2. The first kappa shape index (κ1) is 7.16. The van der Waals surface area contributed by atoms with Gasteiger partial charge in [-0.2, -0.15) is 0 Å². The van der Waals surface area contributed by atoms with Gasteiger partial charge in [0.15, 0.2) is 0 Å². The minimum absolute atomic E-state index is 0.220. The highest BCUT2D eigenvalue weighted by Gasteiger charge is 2.01. The van der Waals surface area contributed by atoms with Crippen molar-refractivity contribution in [2.75, 3.05) is 0 Å². The number of hydrogen-bond acceptors (Lipinski definition) is 1. The molecule has 1 nitrogen and oxygen atoms in total. The topological polar surface area (TPSA) is 12.9 Å². The molecule has 60 valence electrons. The zero-order valence-corrected chi connectivity index (χ0v) is 6.09. The third kappa shape index (κ3) is 1.03. The average molecular weight is 165 g/mol. The van der Waals surface area contributed by atoms with E-state index >= 15 is 0 Å². The molecule has 0 fully saturated rings. The SMILES string of the molecule is Fc1cnc2cccc(F)c2c1.